The molecule has 11 rings (SSSR count). The first kappa shape index (κ1) is 32.8. The molecule has 6 aromatic carbocycles. The molecule has 56 heavy (non-hydrogen) atoms. The van der Waals surface area contributed by atoms with Gasteiger partial charge in [-0.1, -0.05) is 153 Å². The standard InChI is InChI=1S/C53H42N2O/c1-53(2)44-33-35(24-30-41(44)42-31-29-39(34-45(42)53)54-49-19-9-11-21-51(49)56-52-22-12-10-20-50(52)54)23-25-36-28-32-48(43-16-6-5-15-40(36)43)55-46-17-7-3-13-37(46)26-27-38-14-4-8-18-47(38)55/h3-11,13-21,23-34,37,46H,12,22H2,1-2H3/b25-23+. The van der Waals surface area contributed by atoms with Crippen molar-refractivity contribution >= 4 is 51.8 Å². The van der Waals surface area contributed by atoms with Crippen LogP contribution in [-0.2, 0) is 5.41 Å². The van der Waals surface area contributed by atoms with Crippen molar-refractivity contribution in [3.63, 3.8) is 0 Å². The van der Waals surface area contributed by atoms with E-state index < -0.39 is 0 Å². The molecule has 3 aliphatic carbocycles. The lowest BCUT2D eigenvalue weighted by molar-refractivity contribution is 0.388. The van der Waals surface area contributed by atoms with E-state index in [0.29, 0.717) is 5.92 Å². The molecular formula is C53H42N2O. The van der Waals surface area contributed by atoms with Gasteiger partial charge in [0.05, 0.1) is 17.4 Å². The van der Waals surface area contributed by atoms with E-state index in [1.165, 1.54) is 66.8 Å². The van der Waals surface area contributed by atoms with Crippen molar-refractivity contribution in [2.75, 3.05) is 9.80 Å². The minimum atomic E-state index is -0.163. The smallest absolute Gasteiger partial charge is 0.151 e. The van der Waals surface area contributed by atoms with Crippen molar-refractivity contribution in [1.82, 2.24) is 0 Å². The number of benzene rings is 6. The lowest BCUT2D eigenvalue weighted by Crippen LogP contribution is -2.35. The molecule has 0 spiro atoms. The average molecular weight is 723 g/mol. The van der Waals surface area contributed by atoms with E-state index >= 15 is 0 Å². The Labute approximate surface area is 329 Å². The second-order valence-electron chi connectivity index (χ2n) is 16.0. The summed E-state index contributed by atoms with van der Waals surface area (Å²) in [6.07, 6.45) is 24.6. The number of para-hydroxylation sites is 3. The lowest BCUT2D eigenvalue weighted by atomic mass is 9.81. The maximum absolute atomic E-state index is 6.40. The number of hydrogen-bond acceptors (Lipinski definition) is 3. The fourth-order valence-electron chi connectivity index (χ4n) is 9.60. The molecule has 2 aliphatic heterocycles. The Kier molecular flexibility index (Phi) is 7.47. The van der Waals surface area contributed by atoms with Gasteiger partial charge in [0.2, 0.25) is 0 Å². The number of nitrogens with zero attached hydrogens (tertiary/aromatic N) is 2. The van der Waals surface area contributed by atoms with Gasteiger partial charge in [-0.15, -0.1) is 0 Å². The van der Waals surface area contributed by atoms with E-state index in [1.54, 1.807) is 0 Å². The predicted molar refractivity (Wildman–Crippen MR) is 235 cm³/mol. The summed E-state index contributed by atoms with van der Waals surface area (Å²) in [4.78, 5) is 4.93. The highest BCUT2D eigenvalue weighted by atomic mass is 16.5. The third-order valence-electron chi connectivity index (χ3n) is 12.4. The van der Waals surface area contributed by atoms with E-state index in [1.807, 2.05) is 0 Å². The van der Waals surface area contributed by atoms with Gasteiger partial charge in [-0.2, -0.15) is 0 Å². The lowest BCUT2D eigenvalue weighted by Gasteiger charge is -2.36. The fraction of sp³-hybridized carbons (Fsp3) is 0.132. The van der Waals surface area contributed by atoms with Crippen LogP contribution in [-0.4, -0.2) is 6.04 Å². The summed E-state index contributed by atoms with van der Waals surface area (Å²) in [5.74, 6) is 2.26. The normalized spacial score (nSPS) is 19.6. The van der Waals surface area contributed by atoms with Crippen LogP contribution in [0.25, 0.3) is 40.1 Å². The second-order valence-corrected chi connectivity index (χ2v) is 16.0. The molecule has 2 heterocycles. The van der Waals surface area contributed by atoms with Crippen LogP contribution in [0.15, 0.2) is 175 Å². The first-order chi connectivity index (χ1) is 27.5. The zero-order valence-electron chi connectivity index (χ0n) is 31.7. The van der Waals surface area contributed by atoms with Crippen molar-refractivity contribution in [2.24, 2.45) is 5.92 Å². The van der Waals surface area contributed by atoms with Gasteiger partial charge in [-0.3, -0.25) is 0 Å². The minimum Gasteiger partial charge on any atom is -0.457 e. The van der Waals surface area contributed by atoms with E-state index in [9.17, 15) is 0 Å². The van der Waals surface area contributed by atoms with Gasteiger partial charge in [0.1, 0.15) is 5.76 Å². The zero-order chi connectivity index (χ0) is 37.4. The molecule has 0 radical (unpaired) electrons. The number of hydrogen-bond donors (Lipinski definition) is 0. The number of allylic oxidation sites excluding steroid dienone is 5. The van der Waals surface area contributed by atoms with Crippen molar-refractivity contribution in [3.8, 4) is 16.9 Å². The minimum absolute atomic E-state index is 0.163. The Morgan fingerprint density at radius 1 is 0.661 bits per heavy atom. The fourth-order valence-corrected chi connectivity index (χ4v) is 9.60. The summed E-state index contributed by atoms with van der Waals surface area (Å²) >= 11 is 0. The van der Waals surface area contributed by atoms with Gasteiger partial charge in [-0.25, -0.2) is 0 Å². The first-order valence-electron chi connectivity index (χ1n) is 19.9. The highest BCUT2D eigenvalue weighted by molar-refractivity contribution is 6.03. The van der Waals surface area contributed by atoms with Crippen molar-refractivity contribution in [3.05, 3.63) is 203 Å². The molecule has 2 unspecified atom stereocenters. The largest absolute Gasteiger partial charge is 0.457 e. The van der Waals surface area contributed by atoms with Gasteiger partial charge in [0.25, 0.3) is 0 Å². The maximum atomic E-state index is 6.40. The molecular weight excluding hydrogens is 681 g/mol. The molecule has 270 valence electrons. The van der Waals surface area contributed by atoms with Crippen molar-refractivity contribution in [1.29, 1.82) is 0 Å². The van der Waals surface area contributed by atoms with Gasteiger partial charge in [0, 0.05) is 40.2 Å². The Bertz CT molecular complexity index is 2790. The third kappa shape index (κ3) is 5.11. The van der Waals surface area contributed by atoms with E-state index in [4.69, 9.17) is 4.74 Å². The first-order valence-corrected chi connectivity index (χ1v) is 19.9. The topological polar surface area (TPSA) is 15.7 Å². The molecule has 0 N–H and O–H groups in total. The van der Waals surface area contributed by atoms with Gasteiger partial charge < -0.3 is 14.5 Å². The second kappa shape index (κ2) is 12.7. The van der Waals surface area contributed by atoms with Crippen molar-refractivity contribution in [2.45, 2.75) is 38.1 Å². The summed E-state index contributed by atoms with van der Waals surface area (Å²) in [5, 5.41) is 2.50. The van der Waals surface area contributed by atoms with Crippen LogP contribution >= 0.6 is 0 Å². The SMILES string of the molecule is CC1(C)c2cc(/C=C/c3ccc(N4c5ccccc5C=CC5C=CC=CC54)c4ccccc34)ccc2-c2ccc(N3C4=C(CCC=C4)Oc4ccccc43)cc21. The molecule has 0 fully saturated rings. The highest BCUT2D eigenvalue weighted by Crippen LogP contribution is 2.52. The molecule has 0 saturated carbocycles. The molecule has 0 saturated heterocycles. The Morgan fingerprint density at radius 3 is 2.34 bits per heavy atom. The number of anilines is 4. The highest BCUT2D eigenvalue weighted by Gasteiger charge is 2.37. The summed E-state index contributed by atoms with van der Waals surface area (Å²) in [5.41, 5.74) is 14.7. The Morgan fingerprint density at radius 2 is 1.43 bits per heavy atom. The van der Waals surface area contributed by atoms with Gasteiger partial charge in [0.15, 0.2) is 5.75 Å². The number of rotatable bonds is 4. The molecule has 0 amide bonds. The van der Waals surface area contributed by atoms with Crippen LogP contribution in [0, 0.1) is 5.92 Å². The number of fused-ring (bicyclic) bond motifs is 7. The van der Waals surface area contributed by atoms with Crippen LogP contribution in [0.4, 0.5) is 22.7 Å². The average Bonchev–Trinajstić information content (AvgIpc) is 3.34. The Balaban J connectivity index is 0.941. The van der Waals surface area contributed by atoms with Crippen LogP contribution < -0.4 is 14.5 Å². The van der Waals surface area contributed by atoms with Crippen molar-refractivity contribution < 1.29 is 4.74 Å². The number of ether oxygens (including phenoxy) is 1. The zero-order valence-corrected chi connectivity index (χ0v) is 31.7. The van der Waals surface area contributed by atoms with E-state index in [0.717, 1.165) is 35.7 Å². The molecule has 6 aromatic rings. The molecule has 3 nitrogen and oxygen atoms in total. The monoisotopic (exact) mass is 722 g/mol. The van der Waals surface area contributed by atoms with Gasteiger partial charge in [-0.05, 0) is 93.2 Å². The molecule has 3 heteroatoms. The van der Waals surface area contributed by atoms with E-state index in [-0.39, 0.29) is 11.5 Å². The maximum Gasteiger partial charge on any atom is 0.151 e. The molecule has 0 bridgehead atoms. The predicted octanol–water partition coefficient (Wildman–Crippen LogP) is 13.7. The summed E-state index contributed by atoms with van der Waals surface area (Å²) in [6.45, 7) is 4.75. The molecule has 2 atom stereocenters. The third-order valence-corrected chi connectivity index (χ3v) is 12.4. The van der Waals surface area contributed by atoms with Gasteiger partial charge >= 0.3 is 0 Å². The van der Waals surface area contributed by atoms with Crippen LogP contribution in [0.1, 0.15) is 54.5 Å². The molecule has 0 aromatic heterocycles. The van der Waals surface area contributed by atoms with Crippen LogP contribution in [0.3, 0.4) is 0 Å². The summed E-state index contributed by atoms with van der Waals surface area (Å²) in [6, 6.07) is 44.9. The summed E-state index contributed by atoms with van der Waals surface area (Å²) < 4.78 is 6.40. The Hall–Kier alpha value is -6.58. The van der Waals surface area contributed by atoms with Crippen LogP contribution in [0.2, 0.25) is 0 Å². The quantitative estimate of drug-likeness (QED) is 0.169. The molecule has 5 aliphatic rings. The van der Waals surface area contributed by atoms with E-state index in [2.05, 4.69) is 206 Å². The van der Waals surface area contributed by atoms with Crippen LogP contribution in [0.5, 0.6) is 5.75 Å². The summed E-state index contributed by atoms with van der Waals surface area (Å²) in [7, 11) is 0.